The van der Waals surface area contributed by atoms with Gasteiger partial charge in [-0.05, 0) is 39.7 Å². The first-order valence-electron chi connectivity index (χ1n) is 9.11. The summed E-state index contributed by atoms with van der Waals surface area (Å²) in [6, 6.07) is 2.08. The van der Waals surface area contributed by atoms with Crippen molar-refractivity contribution in [2.75, 3.05) is 11.9 Å². The number of fused-ring (bicyclic) bond motifs is 1. The van der Waals surface area contributed by atoms with Crippen LogP contribution in [0.25, 0.3) is 11.0 Å². The molecule has 0 unspecified atom stereocenters. The molecule has 140 valence electrons. The second kappa shape index (κ2) is 7.31. The van der Waals surface area contributed by atoms with Gasteiger partial charge in [-0.15, -0.1) is 0 Å². The van der Waals surface area contributed by atoms with Crippen molar-refractivity contribution >= 4 is 17.0 Å². The zero-order valence-corrected chi connectivity index (χ0v) is 16.2. The Labute approximate surface area is 152 Å². The predicted molar refractivity (Wildman–Crippen MR) is 103 cm³/mol. The van der Waals surface area contributed by atoms with Crippen LogP contribution < -0.4 is 10.9 Å². The van der Waals surface area contributed by atoms with Crippen LogP contribution >= 0.6 is 0 Å². The van der Waals surface area contributed by atoms with E-state index in [0.717, 1.165) is 43.0 Å². The van der Waals surface area contributed by atoms with Crippen LogP contribution in [0.15, 0.2) is 10.9 Å². The molecule has 0 fully saturated rings. The minimum Gasteiger partial charge on any atom is -0.355 e. The molecule has 0 aromatic carbocycles. The van der Waals surface area contributed by atoms with Gasteiger partial charge in [-0.25, -0.2) is 4.98 Å². The van der Waals surface area contributed by atoms with Gasteiger partial charge < -0.3 is 5.32 Å². The van der Waals surface area contributed by atoms with E-state index < -0.39 is 0 Å². The first kappa shape index (κ1) is 18.2. The maximum atomic E-state index is 12.9. The molecule has 3 aromatic rings. The molecule has 0 saturated heterocycles. The molecule has 0 aliphatic carbocycles. The van der Waals surface area contributed by atoms with E-state index in [2.05, 4.69) is 40.4 Å². The van der Waals surface area contributed by atoms with E-state index in [1.165, 1.54) is 0 Å². The molecule has 3 aromatic heterocycles. The van der Waals surface area contributed by atoms with E-state index in [1.54, 1.807) is 16.3 Å². The van der Waals surface area contributed by atoms with Gasteiger partial charge >= 0.3 is 0 Å². The van der Waals surface area contributed by atoms with Crippen LogP contribution in [0.1, 0.15) is 36.8 Å². The summed E-state index contributed by atoms with van der Waals surface area (Å²) in [6.07, 6.45) is 1.76. The van der Waals surface area contributed by atoms with Crippen molar-refractivity contribution in [3.05, 3.63) is 33.5 Å². The number of rotatable bonds is 7. The first-order chi connectivity index (χ1) is 12.4. The second-order valence-corrected chi connectivity index (χ2v) is 6.73. The van der Waals surface area contributed by atoms with Crippen LogP contribution in [0, 0.1) is 20.8 Å². The number of hydrogen-bond donors (Lipinski definition) is 1. The molecular weight excluding hydrogens is 330 g/mol. The summed E-state index contributed by atoms with van der Waals surface area (Å²) < 4.78 is 5.35. The topological polar surface area (TPSA) is 82.6 Å². The largest absolute Gasteiger partial charge is 0.355 e. The summed E-state index contributed by atoms with van der Waals surface area (Å²) in [7, 11) is 1.79. The molecule has 0 spiro atoms. The number of aromatic nitrogens is 6. The summed E-state index contributed by atoms with van der Waals surface area (Å²) in [5, 5.41) is 12.2. The van der Waals surface area contributed by atoms with Crippen molar-refractivity contribution in [1.29, 1.82) is 0 Å². The van der Waals surface area contributed by atoms with E-state index >= 15 is 0 Å². The van der Waals surface area contributed by atoms with Crippen LogP contribution in [0.3, 0.4) is 0 Å². The van der Waals surface area contributed by atoms with E-state index in [-0.39, 0.29) is 5.56 Å². The van der Waals surface area contributed by atoms with Crippen LogP contribution in [-0.4, -0.2) is 35.7 Å². The zero-order chi connectivity index (χ0) is 18.8. The molecule has 8 nitrogen and oxygen atoms in total. The highest BCUT2D eigenvalue weighted by atomic mass is 16.1. The third kappa shape index (κ3) is 3.36. The Bertz CT molecular complexity index is 980. The van der Waals surface area contributed by atoms with Gasteiger partial charge in [0.05, 0.1) is 11.4 Å². The fraction of sp³-hybridized carbons (Fsp3) is 0.556. The standard InChI is InChI=1S/C18H27N7O/c1-6-9-24-17(26)16-15(14(4)22-23(16)5)20-18(24)19-8-7-10-25-13(3)11-12(2)21-25/h11H,6-10H2,1-5H3,(H,19,20). The quantitative estimate of drug-likeness (QED) is 0.655. The van der Waals surface area contributed by atoms with Gasteiger partial charge in [0, 0.05) is 32.4 Å². The molecule has 0 aliphatic rings. The van der Waals surface area contributed by atoms with E-state index in [9.17, 15) is 4.79 Å². The van der Waals surface area contributed by atoms with Crippen molar-refractivity contribution in [2.45, 2.75) is 53.6 Å². The van der Waals surface area contributed by atoms with E-state index in [0.29, 0.717) is 23.5 Å². The lowest BCUT2D eigenvalue weighted by atomic mass is 10.3. The second-order valence-electron chi connectivity index (χ2n) is 6.73. The van der Waals surface area contributed by atoms with Gasteiger partial charge in [0.1, 0.15) is 5.52 Å². The Morgan fingerprint density at radius 3 is 2.58 bits per heavy atom. The molecule has 0 saturated carbocycles. The lowest BCUT2D eigenvalue weighted by Gasteiger charge is -2.13. The molecule has 0 aliphatic heterocycles. The lowest BCUT2D eigenvalue weighted by molar-refractivity contribution is 0.570. The van der Waals surface area contributed by atoms with Crippen molar-refractivity contribution < 1.29 is 0 Å². The van der Waals surface area contributed by atoms with E-state index in [4.69, 9.17) is 0 Å². The predicted octanol–water partition coefficient (Wildman–Crippen LogP) is 2.16. The molecule has 0 amide bonds. The monoisotopic (exact) mass is 357 g/mol. The molecule has 8 heteroatoms. The summed E-state index contributed by atoms with van der Waals surface area (Å²) >= 11 is 0. The van der Waals surface area contributed by atoms with Gasteiger partial charge in [-0.3, -0.25) is 18.7 Å². The molecule has 26 heavy (non-hydrogen) atoms. The fourth-order valence-electron chi connectivity index (χ4n) is 3.31. The number of anilines is 1. The number of nitrogens with one attached hydrogen (secondary N) is 1. The maximum absolute atomic E-state index is 12.9. The number of nitrogens with zero attached hydrogens (tertiary/aromatic N) is 6. The molecule has 0 bridgehead atoms. The Morgan fingerprint density at radius 2 is 1.92 bits per heavy atom. The van der Waals surface area contributed by atoms with Gasteiger partial charge in [-0.1, -0.05) is 6.92 Å². The van der Waals surface area contributed by atoms with Crippen LogP contribution in [-0.2, 0) is 20.1 Å². The Morgan fingerprint density at radius 1 is 1.15 bits per heavy atom. The minimum absolute atomic E-state index is 0.0407. The summed E-state index contributed by atoms with van der Waals surface area (Å²) in [4.78, 5) is 17.6. The minimum atomic E-state index is -0.0407. The number of aryl methyl sites for hydroxylation is 5. The maximum Gasteiger partial charge on any atom is 0.281 e. The van der Waals surface area contributed by atoms with Crippen molar-refractivity contribution in [3.8, 4) is 0 Å². The van der Waals surface area contributed by atoms with Gasteiger partial charge in [0.25, 0.3) is 5.56 Å². The van der Waals surface area contributed by atoms with Crippen molar-refractivity contribution in [3.63, 3.8) is 0 Å². The van der Waals surface area contributed by atoms with Gasteiger partial charge in [0.15, 0.2) is 5.52 Å². The highest BCUT2D eigenvalue weighted by molar-refractivity contribution is 5.77. The Balaban J connectivity index is 1.80. The molecule has 3 rings (SSSR count). The highest BCUT2D eigenvalue weighted by Crippen LogP contribution is 2.15. The fourth-order valence-corrected chi connectivity index (χ4v) is 3.31. The summed E-state index contributed by atoms with van der Waals surface area (Å²) in [5.74, 6) is 0.619. The SMILES string of the molecule is CCCn1c(NCCCn2nc(C)cc2C)nc2c(C)nn(C)c2c1=O. The Kier molecular flexibility index (Phi) is 5.11. The average Bonchev–Trinajstić information content (AvgIpc) is 3.05. The molecular formula is C18H27N7O. The van der Waals surface area contributed by atoms with Crippen LogP contribution in [0.5, 0.6) is 0 Å². The molecule has 3 heterocycles. The van der Waals surface area contributed by atoms with Crippen molar-refractivity contribution in [2.24, 2.45) is 7.05 Å². The van der Waals surface area contributed by atoms with Gasteiger partial charge in [-0.2, -0.15) is 10.2 Å². The van der Waals surface area contributed by atoms with Gasteiger partial charge in [0.2, 0.25) is 5.95 Å². The van der Waals surface area contributed by atoms with Crippen LogP contribution in [0.4, 0.5) is 5.95 Å². The number of hydrogen-bond acceptors (Lipinski definition) is 5. The summed E-state index contributed by atoms with van der Waals surface area (Å²) in [6.45, 7) is 10.2. The van der Waals surface area contributed by atoms with Crippen molar-refractivity contribution in [1.82, 2.24) is 29.1 Å². The lowest BCUT2D eigenvalue weighted by Crippen LogP contribution is -2.26. The average molecular weight is 357 g/mol. The normalized spacial score (nSPS) is 11.4. The smallest absolute Gasteiger partial charge is 0.281 e. The molecule has 1 N–H and O–H groups in total. The zero-order valence-electron chi connectivity index (χ0n) is 16.2. The molecule has 0 atom stereocenters. The first-order valence-corrected chi connectivity index (χ1v) is 9.11. The summed E-state index contributed by atoms with van der Waals surface area (Å²) in [5.41, 5.74) is 4.16. The highest BCUT2D eigenvalue weighted by Gasteiger charge is 2.16. The third-order valence-corrected chi connectivity index (χ3v) is 4.49. The Hall–Kier alpha value is -2.64. The third-order valence-electron chi connectivity index (χ3n) is 4.49. The van der Waals surface area contributed by atoms with E-state index in [1.807, 2.05) is 18.5 Å². The molecule has 0 radical (unpaired) electrons. The van der Waals surface area contributed by atoms with Crippen LogP contribution in [0.2, 0.25) is 0 Å².